The summed E-state index contributed by atoms with van der Waals surface area (Å²) in [4.78, 5) is 27.1. The number of imide groups is 1. The average Bonchev–Trinajstić information content (AvgIpc) is 3.42. The van der Waals surface area contributed by atoms with E-state index in [-0.39, 0.29) is 17.1 Å². The van der Waals surface area contributed by atoms with Crippen LogP contribution in [0.2, 0.25) is 0 Å². The van der Waals surface area contributed by atoms with E-state index < -0.39 is 22.5 Å². The zero-order valence-electron chi connectivity index (χ0n) is 17.8. The van der Waals surface area contributed by atoms with Crippen molar-refractivity contribution in [2.75, 3.05) is 13.6 Å². The summed E-state index contributed by atoms with van der Waals surface area (Å²) in [6, 6.07) is 8.61. The number of carbonyl (C=O) groups is 2. The van der Waals surface area contributed by atoms with Gasteiger partial charge in [-0.05, 0) is 31.4 Å². The second kappa shape index (κ2) is 12.2. The summed E-state index contributed by atoms with van der Waals surface area (Å²) in [5.41, 5.74) is 0.858. The number of carbonyl (C=O) groups excluding carboxylic acids is 2. The van der Waals surface area contributed by atoms with Crippen molar-refractivity contribution in [1.29, 1.82) is 0 Å². The van der Waals surface area contributed by atoms with Crippen LogP contribution in [0.5, 0.6) is 0 Å². The second-order valence-corrected chi connectivity index (χ2v) is 9.33. The zero-order valence-corrected chi connectivity index (χ0v) is 19.4. The number of nitrogens with one attached hydrogen (secondary N) is 1. The predicted molar refractivity (Wildman–Crippen MR) is 119 cm³/mol. The third-order valence-electron chi connectivity index (χ3n) is 5.46. The van der Waals surface area contributed by atoms with Gasteiger partial charge in [0.15, 0.2) is 0 Å². The first-order chi connectivity index (χ1) is 14.4. The Kier molecular flexibility index (Phi) is 10.0. The van der Waals surface area contributed by atoms with E-state index in [0.717, 1.165) is 43.2 Å². The van der Waals surface area contributed by atoms with E-state index >= 15 is 0 Å². The van der Waals surface area contributed by atoms with Crippen molar-refractivity contribution in [3.8, 4) is 0 Å². The van der Waals surface area contributed by atoms with Crippen LogP contribution in [-0.2, 0) is 15.3 Å². The maximum Gasteiger partial charge on any atom is 0.311 e. The van der Waals surface area contributed by atoms with Gasteiger partial charge in [0.2, 0.25) is 5.91 Å². The van der Waals surface area contributed by atoms with Gasteiger partial charge in [-0.1, -0.05) is 63.4 Å². The lowest BCUT2D eigenvalue weighted by Crippen LogP contribution is -2.38. The van der Waals surface area contributed by atoms with Crippen molar-refractivity contribution in [3.05, 3.63) is 35.9 Å². The Labute approximate surface area is 184 Å². The minimum atomic E-state index is -2.61. The van der Waals surface area contributed by atoms with Crippen LogP contribution in [0.25, 0.3) is 0 Å². The van der Waals surface area contributed by atoms with Crippen molar-refractivity contribution in [3.63, 3.8) is 0 Å². The Balaban J connectivity index is 2.13. The molecule has 0 bridgehead atoms. The largest absolute Gasteiger partial charge is 0.311 e. The molecule has 1 aliphatic carbocycles. The Morgan fingerprint density at radius 1 is 1.20 bits per heavy atom. The van der Waals surface area contributed by atoms with Gasteiger partial charge < -0.3 is 0 Å². The van der Waals surface area contributed by atoms with Gasteiger partial charge in [0, 0.05) is 24.4 Å². The molecule has 0 spiro atoms. The van der Waals surface area contributed by atoms with Crippen LogP contribution in [-0.4, -0.2) is 44.1 Å². The Morgan fingerprint density at radius 2 is 1.87 bits per heavy atom. The molecule has 166 valence electrons. The van der Waals surface area contributed by atoms with Gasteiger partial charge in [-0.2, -0.15) is 12.8 Å². The molecule has 2 rings (SSSR count). The van der Waals surface area contributed by atoms with Crippen LogP contribution in [0.1, 0.15) is 57.4 Å². The van der Waals surface area contributed by atoms with Crippen molar-refractivity contribution < 1.29 is 18.0 Å². The molecule has 1 fully saturated rings. The van der Waals surface area contributed by atoms with E-state index in [4.69, 9.17) is 0 Å². The number of benzene rings is 1. The van der Waals surface area contributed by atoms with E-state index in [1.54, 1.807) is 7.05 Å². The van der Waals surface area contributed by atoms with E-state index in [9.17, 15) is 18.0 Å². The van der Waals surface area contributed by atoms with Gasteiger partial charge in [0.25, 0.3) is 0 Å². The molecular weight excluding hydrogens is 422 g/mol. The Hall–Kier alpha value is -1.71. The third-order valence-corrected chi connectivity index (χ3v) is 6.48. The second-order valence-electron chi connectivity index (χ2n) is 7.73. The fourth-order valence-electron chi connectivity index (χ4n) is 3.81. The SMILES string of the molecule is CCCCC(C)CCCN(C(=O)SNC)C(=O)C1C(N=S(=O)=O)C1c1ccccc1. The van der Waals surface area contributed by atoms with Crippen LogP contribution in [0.15, 0.2) is 34.7 Å². The fraction of sp³-hybridized carbons (Fsp3) is 0.619. The number of amides is 2. The Bertz CT molecular complexity index is 837. The molecule has 4 unspecified atom stereocenters. The Morgan fingerprint density at radius 3 is 2.47 bits per heavy atom. The zero-order chi connectivity index (χ0) is 22.1. The van der Waals surface area contributed by atoms with Crippen molar-refractivity contribution in [2.45, 2.75) is 57.9 Å². The molecule has 1 aromatic rings. The molecule has 1 N–H and O–H groups in total. The molecule has 1 aliphatic rings. The van der Waals surface area contributed by atoms with Crippen LogP contribution in [0.3, 0.4) is 0 Å². The number of unbranched alkanes of at least 4 members (excludes halogenated alkanes) is 1. The van der Waals surface area contributed by atoms with Crippen molar-refractivity contribution >= 4 is 33.6 Å². The highest BCUT2D eigenvalue weighted by atomic mass is 32.2. The third kappa shape index (κ3) is 6.92. The van der Waals surface area contributed by atoms with Crippen LogP contribution in [0.4, 0.5) is 4.79 Å². The molecule has 9 heteroatoms. The molecule has 1 saturated carbocycles. The molecule has 2 amide bonds. The quantitative estimate of drug-likeness (QED) is 0.503. The van der Waals surface area contributed by atoms with Gasteiger partial charge in [-0.25, -0.2) is 0 Å². The summed E-state index contributed by atoms with van der Waals surface area (Å²) in [7, 11) is -0.980. The maximum atomic E-state index is 13.2. The van der Waals surface area contributed by atoms with Gasteiger partial charge in [-0.15, -0.1) is 0 Å². The average molecular weight is 454 g/mol. The summed E-state index contributed by atoms with van der Waals surface area (Å²) in [6.45, 7) is 4.68. The lowest BCUT2D eigenvalue weighted by Gasteiger charge is -2.21. The summed E-state index contributed by atoms with van der Waals surface area (Å²) in [5, 5.41) is -0.371. The molecule has 0 radical (unpaired) electrons. The number of hydrogen-bond donors (Lipinski definition) is 1. The number of rotatable bonds is 11. The van der Waals surface area contributed by atoms with Crippen molar-refractivity contribution in [1.82, 2.24) is 9.62 Å². The molecule has 0 aliphatic heterocycles. The van der Waals surface area contributed by atoms with Gasteiger partial charge in [0.1, 0.15) is 0 Å². The highest BCUT2D eigenvalue weighted by molar-refractivity contribution is 8.11. The van der Waals surface area contributed by atoms with Gasteiger partial charge in [0.05, 0.1) is 12.0 Å². The summed E-state index contributed by atoms with van der Waals surface area (Å²) in [5.74, 6) is -0.770. The minimum Gasteiger partial charge on any atom is -0.274 e. The van der Waals surface area contributed by atoms with Crippen LogP contribution >= 0.6 is 11.9 Å². The molecule has 30 heavy (non-hydrogen) atoms. The summed E-state index contributed by atoms with van der Waals surface area (Å²) in [6.07, 6.45) is 5.13. The standard InChI is InChI=1S/C21H31N3O4S2/c1-4-5-10-15(2)11-9-14-24(21(26)29-22-3)20(25)18-17(19(18)23-30(27)28)16-12-7-6-8-13-16/h6-8,12-13,15,17-19,22H,4-5,9-11,14H2,1-3H3. The van der Waals surface area contributed by atoms with Gasteiger partial charge >= 0.3 is 15.7 Å². The lowest BCUT2D eigenvalue weighted by atomic mass is 9.99. The van der Waals surface area contributed by atoms with Crippen molar-refractivity contribution in [2.24, 2.45) is 16.2 Å². The molecule has 1 aromatic carbocycles. The highest BCUT2D eigenvalue weighted by Crippen LogP contribution is 2.51. The van der Waals surface area contributed by atoms with E-state index in [1.807, 2.05) is 30.3 Å². The molecule has 4 atom stereocenters. The van der Waals surface area contributed by atoms with E-state index in [0.29, 0.717) is 12.5 Å². The number of hydrogen-bond acceptors (Lipinski definition) is 7. The first-order valence-corrected chi connectivity index (χ1v) is 12.3. The first-order valence-electron chi connectivity index (χ1n) is 10.4. The summed E-state index contributed by atoms with van der Waals surface area (Å²) >= 11 is 0.862. The smallest absolute Gasteiger partial charge is 0.274 e. The highest BCUT2D eigenvalue weighted by Gasteiger charge is 2.58. The minimum absolute atomic E-state index is 0.324. The first kappa shape index (κ1) is 24.6. The normalized spacial score (nSPS) is 21.0. The monoisotopic (exact) mass is 453 g/mol. The van der Waals surface area contributed by atoms with E-state index in [2.05, 4.69) is 22.9 Å². The number of nitrogens with zero attached hydrogens (tertiary/aromatic N) is 2. The molecular formula is C21H31N3O4S2. The fourth-order valence-corrected chi connectivity index (χ4v) is 4.74. The van der Waals surface area contributed by atoms with Gasteiger partial charge in [-0.3, -0.25) is 19.2 Å². The topological polar surface area (TPSA) is 95.9 Å². The lowest BCUT2D eigenvalue weighted by molar-refractivity contribution is -0.129. The predicted octanol–water partition coefficient (Wildman–Crippen LogP) is 4.25. The summed E-state index contributed by atoms with van der Waals surface area (Å²) < 4.78 is 28.8. The molecule has 0 heterocycles. The molecule has 7 nitrogen and oxygen atoms in total. The molecule has 0 aromatic heterocycles. The van der Waals surface area contributed by atoms with E-state index in [1.165, 1.54) is 11.3 Å². The molecule has 0 saturated heterocycles. The maximum absolute atomic E-state index is 13.2. The van der Waals surface area contributed by atoms with Crippen LogP contribution in [0, 0.1) is 11.8 Å². The van der Waals surface area contributed by atoms with Crippen LogP contribution < -0.4 is 4.72 Å².